The summed E-state index contributed by atoms with van der Waals surface area (Å²) in [4.78, 5) is 17.6. The fourth-order valence-corrected chi connectivity index (χ4v) is 2.90. The minimum absolute atomic E-state index is 0. The van der Waals surface area contributed by atoms with Gasteiger partial charge in [-0.3, -0.25) is 5.32 Å². The summed E-state index contributed by atoms with van der Waals surface area (Å²) in [5, 5.41) is 5.61. The molecule has 2 heterocycles. The van der Waals surface area contributed by atoms with Gasteiger partial charge in [-0.1, -0.05) is 6.07 Å². The lowest BCUT2D eigenvalue weighted by atomic mass is 10.2. The third kappa shape index (κ3) is 4.17. The SMILES string of the molecule is COC(=O)C(NCc1cnc(N)s1)c1cccs1.Cl. The van der Waals surface area contributed by atoms with Gasteiger partial charge in [-0.05, 0) is 11.4 Å². The minimum Gasteiger partial charge on any atom is -0.468 e. The molecule has 0 radical (unpaired) electrons. The highest BCUT2D eigenvalue weighted by Crippen LogP contribution is 2.22. The number of aromatic nitrogens is 1. The highest BCUT2D eigenvalue weighted by atomic mass is 35.5. The van der Waals surface area contributed by atoms with Gasteiger partial charge in [0.1, 0.15) is 6.04 Å². The smallest absolute Gasteiger partial charge is 0.328 e. The Kier molecular flexibility index (Phi) is 6.23. The number of carbonyl (C=O) groups excluding carboxylic acids is 1. The van der Waals surface area contributed by atoms with Gasteiger partial charge >= 0.3 is 5.97 Å². The summed E-state index contributed by atoms with van der Waals surface area (Å²) in [5.41, 5.74) is 5.56. The lowest BCUT2D eigenvalue weighted by Gasteiger charge is -2.14. The number of carbonyl (C=O) groups is 1. The molecule has 2 aromatic rings. The number of anilines is 1. The number of nitrogens with two attached hydrogens (primary N) is 1. The minimum atomic E-state index is -0.446. The lowest BCUT2D eigenvalue weighted by molar-refractivity contribution is -0.143. The number of hydrogen-bond acceptors (Lipinski definition) is 7. The molecular weight excluding hydrogens is 306 g/mol. The molecule has 5 nitrogen and oxygen atoms in total. The van der Waals surface area contributed by atoms with E-state index >= 15 is 0 Å². The maximum Gasteiger partial charge on any atom is 0.328 e. The molecule has 0 aromatic carbocycles. The Morgan fingerprint density at radius 1 is 1.63 bits per heavy atom. The third-order valence-corrected chi connectivity index (χ3v) is 4.08. The molecule has 0 spiro atoms. The van der Waals surface area contributed by atoms with Crippen LogP contribution >= 0.6 is 35.1 Å². The average molecular weight is 320 g/mol. The van der Waals surface area contributed by atoms with Crippen LogP contribution in [-0.4, -0.2) is 18.1 Å². The number of thiazole rings is 1. The molecule has 1 unspecified atom stereocenters. The van der Waals surface area contributed by atoms with Crippen molar-refractivity contribution in [3.8, 4) is 0 Å². The first-order valence-corrected chi connectivity index (χ1v) is 6.95. The number of nitrogens with zero attached hydrogens (tertiary/aromatic N) is 1. The molecule has 0 saturated carbocycles. The second-order valence-electron chi connectivity index (χ2n) is 3.52. The second-order valence-corrected chi connectivity index (χ2v) is 5.64. The van der Waals surface area contributed by atoms with Gasteiger partial charge in [-0.2, -0.15) is 0 Å². The van der Waals surface area contributed by atoms with Crippen LogP contribution < -0.4 is 11.1 Å². The number of esters is 1. The van der Waals surface area contributed by atoms with Gasteiger partial charge in [-0.15, -0.1) is 35.1 Å². The van der Waals surface area contributed by atoms with Crippen molar-refractivity contribution < 1.29 is 9.53 Å². The van der Waals surface area contributed by atoms with Crippen LogP contribution in [0.5, 0.6) is 0 Å². The largest absolute Gasteiger partial charge is 0.468 e. The number of nitrogens with one attached hydrogen (secondary N) is 1. The van der Waals surface area contributed by atoms with Gasteiger partial charge in [0.05, 0.1) is 7.11 Å². The summed E-state index contributed by atoms with van der Waals surface area (Å²) in [6.07, 6.45) is 1.70. The monoisotopic (exact) mass is 319 g/mol. The zero-order valence-corrected chi connectivity index (χ0v) is 12.6. The van der Waals surface area contributed by atoms with Gasteiger partial charge in [0.15, 0.2) is 5.13 Å². The molecule has 0 fully saturated rings. The molecule has 1 atom stereocenters. The van der Waals surface area contributed by atoms with Crippen LogP contribution in [0.25, 0.3) is 0 Å². The van der Waals surface area contributed by atoms with Gasteiger partial charge in [-0.25, -0.2) is 9.78 Å². The third-order valence-electron chi connectivity index (χ3n) is 2.32. The summed E-state index contributed by atoms with van der Waals surface area (Å²) in [6, 6.07) is 3.36. The van der Waals surface area contributed by atoms with Gasteiger partial charge in [0, 0.05) is 22.5 Å². The molecule has 2 aromatic heterocycles. The Labute approximate surface area is 125 Å². The molecule has 0 aliphatic heterocycles. The van der Waals surface area contributed by atoms with Crippen LogP contribution in [0, 0.1) is 0 Å². The fourth-order valence-electron chi connectivity index (χ4n) is 1.48. The molecule has 3 N–H and O–H groups in total. The van der Waals surface area contributed by atoms with Crippen molar-refractivity contribution in [3.63, 3.8) is 0 Å². The van der Waals surface area contributed by atoms with Gasteiger partial charge in [0.25, 0.3) is 0 Å². The number of halogens is 1. The molecular formula is C11H14ClN3O2S2. The molecule has 0 aliphatic rings. The Balaban J connectivity index is 0.00000180. The molecule has 0 amide bonds. The maximum absolute atomic E-state index is 11.7. The van der Waals surface area contributed by atoms with E-state index in [0.29, 0.717) is 11.7 Å². The highest BCUT2D eigenvalue weighted by molar-refractivity contribution is 7.15. The molecule has 19 heavy (non-hydrogen) atoms. The Morgan fingerprint density at radius 3 is 2.95 bits per heavy atom. The van der Waals surface area contributed by atoms with Crippen molar-refractivity contribution in [2.45, 2.75) is 12.6 Å². The van der Waals surface area contributed by atoms with Gasteiger partial charge < -0.3 is 10.5 Å². The maximum atomic E-state index is 11.7. The predicted octanol–water partition coefficient (Wildman–Crippen LogP) is 2.21. The number of rotatable bonds is 5. The Morgan fingerprint density at radius 2 is 2.42 bits per heavy atom. The van der Waals surface area contributed by atoms with E-state index in [0.717, 1.165) is 9.75 Å². The first kappa shape index (κ1) is 15.9. The molecule has 0 bridgehead atoms. The summed E-state index contributed by atoms with van der Waals surface area (Å²) in [7, 11) is 1.38. The molecule has 104 valence electrons. The molecule has 2 rings (SSSR count). The van der Waals surface area contributed by atoms with Crippen molar-refractivity contribution in [1.29, 1.82) is 0 Å². The fraction of sp³-hybridized carbons (Fsp3) is 0.273. The van der Waals surface area contributed by atoms with E-state index in [1.165, 1.54) is 29.8 Å². The topological polar surface area (TPSA) is 77.2 Å². The van der Waals surface area contributed by atoms with Crippen molar-refractivity contribution in [2.24, 2.45) is 0 Å². The van der Waals surface area contributed by atoms with Crippen molar-refractivity contribution in [2.75, 3.05) is 12.8 Å². The summed E-state index contributed by atoms with van der Waals surface area (Å²) < 4.78 is 4.80. The van der Waals surface area contributed by atoms with Crippen molar-refractivity contribution in [1.82, 2.24) is 10.3 Å². The predicted molar refractivity (Wildman–Crippen MR) is 79.7 cm³/mol. The van der Waals surface area contributed by atoms with E-state index in [4.69, 9.17) is 10.5 Å². The molecule has 8 heteroatoms. The lowest BCUT2D eigenvalue weighted by Crippen LogP contribution is -2.28. The van der Waals surface area contributed by atoms with E-state index in [-0.39, 0.29) is 18.4 Å². The van der Waals surface area contributed by atoms with E-state index in [2.05, 4.69) is 10.3 Å². The summed E-state index contributed by atoms with van der Waals surface area (Å²) in [6.45, 7) is 0.534. The molecule has 0 aliphatic carbocycles. The zero-order valence-electron chi connectivity index (χ0n) is 10.2. The van der Waals surface area contributed by atoms with Crippen molar-refractivity contribution in [3.05, 3.63) is 33.5 Å². The normalized spacial score (nSPS) is 11.6. The summed E-state index contributed by atoms with van der Waals surface area (Å²) >= 11 is 2.92. The second kappa shape index (κ2) is 7.44. The Hall–Kier alpha value is -1.15. The highest BCUT2D eigenvalue weighted by Gasteiger charge is 2.21. The zero-order chi connectivity index (χ0) is 13.0. The van der Waals surface area contributed by atoms with Crippen LogP contribution in [0.3, 0.4) is 0 Å². The number of thiophene rings is 1. The van der Waals surface area contributed by atoms with Gasteiger partial charge in [0.2, 0.25) is 0 Å². The standard InChI is InChI=1S/C11H13N3O2S2.ClH/c1-16-10(15)9(8-3-2-4-17-8)13-5-7-6-14-11(12)18-7;/h2-4,6,9,13H,5H2,1H3,(H2,12,14);1H. The van der Waals surface area contributed by atoms with E-state index in [9.17, 15) is 4.79 Å². The van der Waals surface area contributed by atoms with E-state index in [1.807, 2.05) is 17.5 Å². The first-order chi connectivity index (χ1) is 8.70. The molecule has 0 saturated heterocycles. The van der Waals surface area contributed by atoms with Crippen LogP contribution in [0.2, 0.25) is 0 Å². The summed E-state index contributed by atoms with van der Waals surface area (Å²) in [5.74, 6) is -0.296. The van der Waals surface area contributed by atoms with E-state index < -0.39 is 6.04 Å². The average Bonchev–Trinajstić information content (AvgIpc) is 3.01. The van der Waals surface area contributed by atoms with Crippen LogP contribution in [-0.2, 0) is 16.1 Å². The van der Waals surface area contributed by atoms with Crippen molar-refractivity contribution >= 4 is 46.2 Å². The van der Waals surface area contributed by atoms with Crippen LogP contribution in [0.1, 0.15) is 15.8 Å². The number of hydrogen-bond donors (Lipinski definition) is 2. The quantitative estimate of drug-likeness (QED) is 0.826. The number of methoxy groups -OCH3 is 1. The number of ether oxygens (including phenoxy) is 1. The first-order valence-electron chi connectivity index (χ1n) is 5.25. The van der Waals surface area contributed by atoms with E-state index in [1.54, 1.807) is 6.20 Å². The van der Waals surface area contributed by atoms with Crippen LogP contribution in [0.15, 0.2) is 23.7 Å². The van der Waals surface area contributed by atoms with Crippen LogP contribution in [0.4, 0.5) is 5.13 Å². The Bertz CT molecular complexity index is 516. The number of nitrogen functional groups attached to an aromatic ring is 1.